The first-order valence-electron chi connectivity index (χ1n) is 5.42. The molecule has 4 nitrogen and oxygen atoms in total. The molecule has 0 aromatic carbocycles. The minimum atomic E-state index is -0.882. The summed E-state index contributed by atoms with van der Waals surface area (Å²) in [5.41, 5.74) is -0.777. The van der Waals surface area contributed by atoms with Gasteiger partial charge in [-0.2, -0.15) is 5.26 Å². The van der Waals surface area contributed by atoms with Crippen LogP contribution in [0, 0.1) is 17.1 Å². The zero-order valence-corrected chi connectivity index (χ0v) is 9.83. The van der Waals surface area contributed by atoms with Gasteiger partial charge in [0.2, 0.25) is 0 Å². The van der Waals surface area contributed by atoms with Crippen molar-refractivity contribution < 1.29 is 9.18 Å². The summed E-state index contributed by atoms with van der Waals surface area (Å²) in [5, 5.41) is 11.7. The molecule has 0 fully saturated rings. The average Bonchev–Trinajstić information content (AvgIpc) is 2.37. The number of aromatic nitrogens is 1. The van der Waals surface area contributed by atoms with Crippen LogP contribution in [0.15, 0.2) is 18.3 Å². The predicted octanol–water partition coefficient (Wildman–Crippen LogP) is 2.03. The van der Waals surface area contributed by atoms with Gasteiger partial charge in [-0.15, -0.1) is 0 Å². The summed E-state index contributed by atoms with van der Waals surface area (Å²) in [4.78, 5) is 15.5. The Morgan fingerprint density at radius 3 is 2.59 bits per heavy atom. The van der Waals surface area contributed by atoms with Gasteiger partial charge >= 0.3 is 0 Å². The first-order chi connectivity index (χ1) is 8.06. The molecule has 0 aliphatic carbocycles. The van der Waals surface area contributed by atoms with Crippen LogP contribution in [0.4, 0.5) is 4.39 Å². The summed E-state index contributed by atoms with van der Waals surface area (Å²) in [7, 11) is 0. The minimum absolute atomic E-state index is 0.105. The Labute approximate surface area is 99.5 Å². The van der Waals surface area contributed by atoms with Crippen molar-refractivity contribution in [1.82, 2.24) is 10.3 Å². The maximum absolute atomic E-state index is 12.6. The van der Waals surface area contributed by atoms with Crippen molar-refractivity contribution in [2.75, 3.05) is 0 Å². The van der Waals surface area contributed by atoms with Crippen LogP contribution in [-0.2, 0) is 0 Å². The first kappa shape index (κ1) is 13.1. The van der Waals surface area contributed by atoms with Crippen molar-refractivity contribution in [2.45, 2.75) is 32.2 Å². The van der Waals surface area contributed by atoms with Crippen LogP contribution in [0.3, 0.4) is 0 Å². The summed E-state index contributed by atoms with van der Waals surface area (Å²) in [6.45, 7) is 3.65. The van der Waals surface area contributed by atoms with Crippen molar-refractivity contribution in [3.05, 3.63) is 29.8 Å². The van der Waals surface area contributed by atoms with Crippen LogP contribution < -0.4 is 5.32 Å². The van der Waals surface area contributed by atoms with Gasteiger partial charge in [-0.25, -0.2) is 9.37 Å². The Morgan fingerprint density at radius 2 is 2.18 bits per heavy atom. The van der Waals surface area contributed by atoms with Gasteiger partial charge in [0, 0.05) is 0 Å². The Morgan fingerprint density at radius 1 is 1.53 bits per heavy atom. The van der Waals surface area contributed by atoms with Crippen molar-refractivity contribution in [3.63, 3.8) is 0 Å². The lowest BCUT2D eigenvalue weighted by atomic mass is 9.94. The molecule has 90 valence electrons. The van der Waals surface area contributed by atoms with Gasteiger partial charge in [0.15, 0.2) is 0 Å². The van der Waals surface area contributed by atoms with Gasteiger partial charge in [-0.1, -0.05) is 13.8 Å². The molecule has 5 heteroatoms. The quantitative estimate of drug-likeness (QED) is 0.868. The third-order valence-electron chi connectivity index (χ3n) is 2.73. The van der Waals surface area contributed by atoms with E-state index in [0.29, 0.717) is 12.8 Å². The maximum atomic E-state index is 12.6. The molecular formula is C12H14FN3O. The minimum Gasteiger partial charge on any atom is -0.332 e. The van der Waals surface area contributed by atoms with Gasteiger partial charge in [0.05, 0.1) is 12.3 Å². The fourth-order valence-electron chi connectivity index (χ4n) is 1.40. The van der Waals surface area contributed by atoms with Crippen LogP contribution in [0.5, 0.6) is 0 Å². The number of nitriles is 1. The number of carbonyl (C=O) groups is 1. The molecule has 0 aliphatic heterocycles. The molecule has 1 amide bonds. The molecule has 0 bridgehead atoms. The lowest BCUT2D eigenvalue weighted by Gasteiger charge is -2.24. The maximum Gasteiger partial charge on any atom is 0.271 e. The highest BCUT2D eigenvalue weighted by molar-refractivity contribution is 5.93. The molecule has 1 rings (SSSR count). The fraction of sp³-hybridized carbons (Fsp3) is 0.417. The van der Waals surface area contributed by atoms with Gasteiger partial charge in [-0.05, 0) is 25.0 Å². The number of hydrogen-bond acceptors (Lipinski definition) is 3. The molecule has 1 aromatic rings. The molecule has 0 saturated carbocycles. The Kier molecular flexibility index (Phi) is 4.16. The van der Waals surface area contributed by atoms with Crippen molar-refractivity contribution in [1.29, 1.82) is 5.26 Å². The third kappa shape index (κ3) is 3.00. The van der Waals surface area contributed by atoms with E-state index >= 15 is 0 Å². The number of carbonyl (C=O) groups excluding carboxylic acids is 1. The van der Waals surface area contributed by atoms with Crippen molar-refractivity contribution >= 4 is 5.91 Å². The Bertz CT molecular complexity index is 432. The number of amides is 1. The van der Waals surface area contributed by atoms with Crippen LogP contribution in [0.1, 0.15) is 37.2 Å². The SMILES string of the molecule is CCC(C#N)(CC)NC(=O)c1ccc(F)cn1. The summed E-state index contributed by atoms with van der Waals surface area (Å²) >= 11 is 0. The first-order valence-corrected chi connectivity index (χ1v) is 5.42. The molecule has 0 aliphatic rings. The highest BCUT2D eigenvalue weighted by atomic mass is 19.1. The highest BCUT2D eigenvalue weighted by Crippen LogP contribution is 2.14. The van der Waals surface area contributed by atoms with Gasteiger partial charge in [0.1, 0.15) is 17.1 Å². The van der Waals surface area contributed by atoms with E-state index in [9.17, 15) is 9.18 Å². The second-order valence-electron chi connectivity index (χ2n) is 3.72. The number of rotatable bonds is 4. The molecule has 0 saturated heterocycles. The second kappa shape index (κ2) is 5.39. The van der Waals surface area contributed by atoms with Crippen LogP contribution in [0.25, 0.3) is 0 Å². The van der Waals surface area contributed by atoms with E-state index in [1.54, 1.807) is 0 Å². The molecule has 0 atom stereocenters. The van der Waals surface area contributed by atoms with Gasteiger partial charge in [-0.3, -0.25) is 4.79 Å². The number of halogens is 1. The van der Waals surface area contributed by atoms with Gasteiger partial charge < -0.3 is 5.32 Å². The summed E-state index contributed by atoms with van der Waals surface area (Å²) in [6, 6.07) is 4.54. The van der Waals surface area contributed by atoms with E-state index in [2.05, 4.69) is 16.4 Å². The third-order valence-corrected chi connectivity index (χ3v) is 2.73. The van der Waals surface area contributed by atoms with E-state index in [1.807, 2.05) is 13.8 Å². The van der Waals surface area contributed by atoms with Crippen molar-refractivity contribution in [2.24, 2.45) is 0 Å². The fourth-order valence-corrected chi connectivity index (χ4v) is 1.40. The summed E-state index contributed by atoms with van der Waals surface area (Å²) in [6.07, 6.45) is 1.99. The molecule has 0 radical (unpaired) electrons. The zero-order chi connectivity index (χ0) is 12.9. The smallest absolute Gasteiger partial charge is 0.271 e. The number of nitrogens with zero attached hydrogens (tertiary/aromatic N) is 2. The monoisotopic (exact) mass is 235 g/mol. The standard InChI is InChI=1S/C12H14FN3O/c1-3-12(4-2,8-14)16-11(17)10-6-5-9(13)7-15-10/h5-7H,3-4H2,1-2H3,(H,16,17). The number of nitrogens with one attached hydrogen (secondary N) is 1. The van der Waals surface area contributed by atoms with E-state index < -0.39 is 17.3 Å². The largest absolute Gasteiger partial charge is 0.332 e. The topological polar surface area (TPSA) is 65.8 Å². The highest BCUT2D eigenvalue weighted by Gasteiger charge is 2.28. The average molecular weight is 235 g/mol. The normalized spacial score (nSPS) is 10.7. The van der Waals surface area contributed by atoms with Crippen molar-refractivity contribution in [3.8, 4) is 6.07 Å². The molecule has 0 unspecified atom stereocenters. The molecule has 17 heavy (non-hydrogen) atoms. The van der Waals surface area contributed by atoms with E-state index in [0.717, 1.165) is 12.3 Å². The van der Waals surface area contributed by atoms with Crippen LogP contribution in [-0.4, -0.2) is 16.4 Å². The lowest BCUT2D eigenvalue weighted by molar-refractivity contribution is 0.0910. The number of pyridine rings is 1. The molecule has 0 spiro atoms. The molecular weight excluding hydrogens is 221 g/mol. The van der Waals surface area contributed by atoms with E-state index in [4.69, 9.17) is 5.26 Å². The zero-order valence-electron chi connectivity index (χ0n) is 9.83. The Hall–Kier alpha value is -1.96. The molecule has 1 aromatic heterocycles. The summed E-state index contributed by atoms with van der Waals surface area (Å²) in [5.74, 6) is -0.964. The molecule has 1 heterocycles. The van der Waals surface area contributed by atoms with Crippen LogP contribution in [0.2, 0.25) is 0 Å². The van der Waals surface area contributed by atoms with E-state index in [-0.39, 0.29) is 5.69 Å². The summed E-state index contributed by atoms with van der Waals surface area (Å²) < 4.78 is 12.6. The lowest BCUT2D eigenvalue weighted by Crippen LogP contribution is -2.46. The predicted molar refractivity (Wildman–Crippen MR) is 60.6 cm³/mol. The second-order valence-corrected chi connectivity index (χ2v) is 3.72. The number of hydrogen-bond donors (Lipinski definition) is 1. The van der Waals surface area contributed by atoms with E-state index in [1.165, 1.54) is 6.07 Å². The Balaban J connectivity index is 2.85. The van der Waals surface area contributed by atoms with Crippen LogP contribution >= 0.6 is 0 Å². The molecule has 1 N–H and O–H groups in total. The van der Waals surface area contributed by atoms with Gasteiger partial charge in [0.25, 0.3) is 5.91 Å².